The molecule has 0 unspecified atom stereocenters. The van der Waals surface area contributed by atoms with Crippen LogP contribution in [0.15, 0.2) is 103 Å². The summed E-state index contributed by atoms with van der Waals surface area (Å²) in [7, 11) is 4.15. The second kappa shape index (κ2) is 10.9. The van der Waals surface area contributed by atoms with Crippen molar-refractivity contribution in [1.29, 1.82) is 0 Å². The van der Waals surface area contributed by atoms with Crippen molar-refractivity contribution in [1.82, 2.24) is 9.80 Å². The van der Waals surface area contributed by atoms with E-state index in [1.165, 1.54) is 11.3 Å². The molecule has 0 fully saturated rings. The van der Waals surface area contributed by atoms with Crippen LogP contribution in [0.3, 0.4) is 0 Å². The number of para-hydroxylation sites is 2. The summed E-state index contributed by atoms with van der Waals surface area (Å²) in [6.45, 7) is 8.72. The predicted octanol–water partition coefficient (Wildman–Crippen LogP) is 7.53. The summed E-state index contributed by atoms with van der Waals surface area (Å²) in [5.74, 6) is 0. The molecule has 0 N–H and O–H groups in total. The molecule has 2 aliphatic rings. The molecule has 39 heavy (non-hydrogen) atoms. The van der Waals surface area contributed by atoms with E-state index in [0.29, 0.717) is 0 Å². The molecule has 0 spiro atoms. The fourth-order valence-electron chi connectivity index (χ4n) is 4.98. The Morgan fingerprint density at radius 1 is 0.692 bits per heavy atom. The van der Waals surface area contributed by atoms with Crippen LogP contribution in [0.4, 0.5) is 34.1 Å². The number of rotatable bonds is 5. The van der Waals surface area contributed by atoms with Gasteiger partial charge >= 0.3 is 21.1 Å². The monoisotopic (exact) mass is 692 g/mol. The Bertz CT molecular complexity index is 1470. The van der Waals surface area contributed by atoms with E-state index < -0.39 is 0 Å². The molecule has 6 heteroatoms. The Morgan fingerprint density at radius 3 is 2.03 bits per heavy atom. The Balaban J connectivity index is 0.00000308. The SMILES string of the molecule is CN1C=CN(c2[c-]c(N(c3[c-]c(N4[CH-]N(C)C(C)(C)c5ccccc54)ccc3)c3ccccc3)ccc2)[CH-]1.[Pt+4]. The summed E-state index contributed by atoms with van der Waals surface area (Å²) in [5.41, 5.74) is 7.24. The molecule has 0 saturated heterocycles. The van der Waals surface area contributed by atoms with Gasteiger partial charge in [0.05, 0.1) is 0 Å². The van der Waals surface area contributed by atoms with Crippen molar-refractivity contribution in [2.45, 2.75) is 19.4 Å². The molecule has 198 valence electrons. The summed E-state index contributed by atoms with van der Waals surface area (Å²) in [6.07, 6.45) is 4.06. The van der Waals surface area contributed by atoms with Crippen LogP contribution in [-0.4, -0.2) is 23.9 Å². The summed E-state index contributed by atoms with van der Waals surface area (Å²) in [6, 6.07) is 38.9. The normalized spacial score (nSPS) is 16.2. The number of fused-ring (bicyclic) bond motifs is 1. The van der Waals surface area contributed by atoms with Gasteiger partial charge in [-0.25, -0.2) is 0 Å². The zero-order chi connectivity index (χ0) is 26.3. The maximum absolute atomic E-state index is 3.73. The molecule has 2 heterocycles. The van der Waals surface area contributed by atoms with E-state index in [0.717, 1.165) is 28.4 Å². The van der Waals surface area contributed by atoms with E-state index in [1.807, 2.05) is 37.1 Å². The van der Waals surface area contributed by atoms with Gasteiger partial charge in [0.25, 0.3) is 0 Å². The predicted molar refractivity (Wildman–Crippen MR) is 156 cm³/mol. The molecular weight excluding hydrogens is 661 g/mol. The van der Waals surface area contributed by atoms with Gasteiger partial charge in [0.2, 0.25) is 0 Å². The summed E-state index contributed by atoms with van der Waals surface area (Å²) >= 11 is 0. The zero-order valence-corrected chi connectivity index (χ0v) is 24.8. The van der Waals surface area contributed by atoms with E-state index in [-0.39, 0.29) is 26.6 Å². The first-order valence-electron chi connectivity index (χ1n) is 12.8. The molecular formula is C33H31N5Pt. The Morgan fingerprint density at radius 2 is 1.33 bits per heavy atom. The third kappa shape index (κ3) is 5.09. The maximum Gasteiger partial charge on any atom is 4.00 e. The molecule has 0 aliphatic carbocycles. The number of nitrogens with zero attached hydrogens (tertiary/aromatic N) is 5. The second-order valence-corrected chi connectivity index (χ2v) is 10.2. The fraction of sp³-hybridized carbons (Fsp3) is 0.152. The number of benzene rings is 4. The maximum atomic E-state index is 3.73. The summed E-state index contributed by atoms with van der Waals surface area (Å²) in [5, 5.41) is 0. The third-order valence-electron chi connectivity index (χ3n) is 7.32. The quantitative estimate of drug-likeness (QED) is 0.201. The van der Waals surface area contributed by atoms with Crippen LogP contribution >= 0.6 is 0 Å². The van der Waals surface area contributed by atoms with Gasteiger partial charge < -0.3 is 24.5 Å². The van der Waals surface area contributed by atoms with Gasteiger partial charge in [0.15, 0.2) is 0 Å². The first-order chi connectivity index (χ1) is 18.4. The molecule has 0 aromatic heterocycles. The van der Waals surface area contributed by atoms with Gasteiger partial charge in [-0.3, -0.25) is 0 Å². The van der Waals surface area contributed by atoms with Crippen LogP contribution in [0.25, 0.3) is 0 Å². The minimum atomic E-state index is -0.106. The van der Waals surface area contributed by atoms with Crippen LogP contribution in [0, 0.1) is 25.5 Å². The van der Waals surface area contributed by atoms with E-state index in [4.69, 9.17) is 0 Å². The molecule has 0 amide bonds. The second-order valence-electron chi connectivity index (χ2n) is 10.2. The van der Waals surface area contributed by atoms with Crippen LogP contribution in [0.2, 0.25) is 0 Å². The van der Waals surface area contributed by atoms with Crippen LogP contribution < -0.4 is 14.7 Å². The smallest absolute Gasteiger partial charge is 0.510 e. The largest absolute Gasteiger partial charge is 4.00 e. The minimum absolute atomic E-state index is 0. The van der Waals surface area contributed by atoms with Crippen molar-refractivity contribution in [2.24, 2.45) is 0 Å². The van der Waals surface area contributed by atoms with Crippen molar-refractivity contribution in [3.63, 3.8) is 0 Å². The Hall–Kier alpha value is -3.53. The Kier molecular flexibility index (Phi) is 7.57. The third-order valence-corrected chi connectivity index (χ3v) is 7.32. The topological polar surface area (TPSA) is 16.2 Å². The van der Waals surface area contributed by atoms with E-state index in [2.05, 4.69) is 144 Å². The van der Waals surface area contributed by atoms with Gasteiger partial charge in [0, 0.05) is 16.9 Å². The molecule has 6 rings (SSSR count). The minimum Gasteiger partial charge on any atom is -0.510 e. The number of hydrogen-bond acceptors (Lipinski definition) is 5. The standard InChI is InChI=1S/C33H31N5.Pt/c1-33(2)31-18-8-9-19-32(31)37(25-35(33)4)28-15-11-17-30(23-28)38(26-12-6-5-7-13-26)29-16-10-14-27(22-29)36-21-20-34(3)24-36;/h5-21,24-25H,1-4H3;/q-4;+4. The zero-order valence-electron chi connectivity index (χ0n) is 22.5. The summed E-state index contributed by atoms with van der Waals surface area (Å²) in [4.78, 5) is 10.8. The van der Waals surface area contributed by atoms with Gasteiger partial charge in [-0.1, -0.05) is 47.8 Å². The summed E-state index contributed by atoms with van der Waals surface area (Å²) < 4.78 is 0. The van der Waals surface area contributed by atoms with E-state index in [1.54, 1.807) is 0 Å². The van der Waals surface area contributed by atoms with Crippen LogP contribution in [-0.2, 0) is 26.6 Å². The molecule has 0 radical (unpaired) electrons. The van der Waals surface area contributed by atoms with Crippen LogP contribution in [0.5, 0.6) is 0 Å². The van der Waals surface area contributed by atoms with Crippen LogP contribution in [0.1, 0.15) is 19.4 Å². The van der Waals surface area contributed by atoms with Crippen molar-refractivity contribution >= 4 is 34.1 Å². The molecule has 2 aliphatic heterocycles. The molecule has 4 aromatic carbocycles. The first-order valence-corrected chi connectivity index (χ1v) is 12.8. The average Bonchev–Trinajstić information content (AvgIpc) is 3.38. The van der Waals surface area contributed by atoms with Gasteiger partial charge in [-0.15, -0.1) is 47.8 Å². The molecule has 0 atom stereocenters. The van der Waals surface area contributed by atoms with E-state index >= 15 is 0 Å². The molecule has 0 saturated carbocycles. The molecule has 0 bridgehead atoms. The fourth-order valence-corrected chi connectivity index (χ4v) is 4.98. The van der Waals surface area contributed by atoms with Crippen molar-refractivity contribution in [3.05, 3.63) is 134 Å². The van der Waals surface area contributed by atoms with Gasteiger partial charge in [-0.2, -0.15) is 25.5 Å². The van der Waals surface area contributed by atoms with Gasteiger partial charge in [0.1, 0.15) is 0 Å². The molecule has 4 aromatic rings. The number of anilines is 6. The van der Waals surface area contributed by atoms with Gasteiger partial charge in [-0.05, 0) is 64.1 Å². The average molecular weight is 693 g/mol. The van der Waals surface area contributed by atoms with Crippen molar-refractivity contribution < 1.29 is 21.1 Å². The molecule has 5 nitrogen and oxygen atoms in total. The van der Waals surface area contributed by atoms with Crippen molar-refractivity contribution in [3.8, 4) is 0 Å². The first kappa shape index (κ1) is 27.1. The van der Waals surface area contributed by atoms with Crippen molar-refractivity contribution in [2.75, 3.05) is 28.8 Å². The van der Waals surface area contributed by atoms with E-state index in [9.17, 15) is 0 Å². The number of hydrogen-bond donors (Lipinski definition) is 0. The Labute approximate surface area is 246 Å².